The van der Waals surface area contributed by atoms with E-state index in [4.69, 9.17) is 4.74 Å². The molecular weight excluding hydrogens is 253 g/mol. The molecule has 0 saturated heterocycles. The molecule has 0 radical (unpaired) electrons. The highest BCUT2D eigenvalue weighted by Gasteiger charge is 2.25. The smallest absolute Gasteiger partial charge is 0.311 e. The number of benzene rings is 1. The van der Waals surface area contributed by atoms with Crippen LogP contribution in [0.3, 0.4) is 0 Å². The fraction of sp³-hybridized carbons (Fsp3) is 0.500. The van der Waals surface area contributed by atoms with Crippen molar-refractivity contribution in [1.82, 2.24) is 0 Å². The quantitative estimate of drug-likeness (QED) is 0.468. The summed E-state index contributed by atoms with van der Waals surface area (Å²) >= 11 is 0. The van der Waals surface area contributed by atoms with E-state index >= 15 is 0 Å². The molecule has 0 heterocycles. The standard InChI is InChI=1S/C12H16NO4P/c1-18(2,16)10-5-6-12(11(7-10)13(14)15)17-8-9-3-4-9/h5-7,9H,3-4,8H2,1-2H3. The van der Waals surface area contributed by atoms with Crippen LogP contribution in [0.15, 0.2) is 18.2 Å². The van der Waals surface area contributed by atoms with Crippen LogP contribution in [0.4, 0.5) is 5.69 Å². The van der Waals surface area contributed by atoms with Gasteiger partial charge in [0.25, 0.3) is 0 Å². The van der Waals surface area contributed by atoms with Gasteiger partial charge in [-0.25, -0.2) is 0 Å². The van der Waals surface area contributed by atoms with Crippen LogP contribution in [0.5, 0.6) is 5.75 Å². The third-order valence-electron chi connectivity index (χ3n) is 2.93. The minimum Gasteiger partial charge on any atom is -0.487 e. The topological polar surface area (TPSA) is 69.4 Å². The van der Waals surface area contributed by atoms with Crippen molar-refractivity contribution in [2.45, 2.75) is 12.8 Å². The Morgan fingerprint density at radius 1 is 1.44 bits per heavy atom. The van der Waals surface area contributed by atoms with E-state index in [1.54, 1.807) is 25.5 Å². The van der Waals surface area contributed by atoms with Gasteiger partial charge < -0.3 is 9.30 Å². The molecule has 98 valence electrons. The molecule has 0 N–H and O–H groups in total. The highest BCUT2D eigenvalue weighted by atomic mass is 31.2. The summed E-state index contributed by atoms with van der Waals surface area (Å²) in [6.07, 6.45) is 2.26. The molecule has 0 unspecified atom stereocenters. The molecular formula is C12H16NO4P. The van der Waals surface area contributed by atoms with Crippen molar-refractivity contribution in [2.24, 2.45) is 5.92 Å². The molecule has 18 heavy (non-hydrogen) atoms. The number of nitro groups is 1. The number of hydrogen-bond acceptors (Lipinski definition) is 4. The zero-order chi connectivity index (χ0) is 13.3. The lowest BCUT2D eigenvalue weighted by Gasteiger charge is -2.10. The first-order valence-corrected chi connectivity index (χ1v) is 8.45. The van der Waals surface area contributed by atoms with E-state index < -0.39 is 12.1 Å². The summed E-state index contributed by atoms with van der Waals surface area (Å²) in [5, 5.41) is 11.5. The summed E-state index contributed by atoms with van der Waals surface area (Å²) in [4.78, 5) is 10.5. The predicted molar refractivity (Wildman–Crippen MR) is 70.4 cm³/mol. The number of ether oxygens (including phenoxy) is 1. The van der Waals surface area contributed by atoms with Gasteiger partial charge in [0.15, 0.2) is 5.75 Å². The summed E-state index contributed by atoms with van der Waals surface area (Å²) in [6, 6.07) is 4.56. The Morgan fingerprint density at radius 3 is 2.61 bits per heavy atom. The van der Waals surface area contributed by atoms with Gasteiger partial charge in [-0.15, -0.1) is 0 Å². The number of hydrogen-bond donors (Lipinski definition) is 0. The zero-order valence-electron chi connectivity index (χ0n) is 10.5. The Bertz CT molecular complexity index is 519. The van der Waals surface area contributed by atoms with Crippen LogP contribution >= 0.6 is 7.14 Å². The van der Waals surface area contributed by atoms with Gasteiger partial charge >= 0.3 is 5.69 Å². The van der Waals surface area contributed by atoms with Crippen molar-refractivity contribution in [1.29, 1.82) is 0 Å². The molecule has 1 fully saturated rings. The second-order valence-electron chi connectivity index (χ2n) is 5.01. The third-order valence-corrected chi connectivity index (χ3v) is 4.45. The maximum atomic E-state index is 11.9. The molecule has 2 rings (SSSR count). The molecule has 0 atom stereocenters. The lowest BCUT2D eigenvalue weighted by Crippen LogP contribution is -2.07. The second-order valence-corrected chi connectivity index (χ2v) is 8.23. The molecule has 0 aromatic heterocycles. The van der Waals surface area contributed by atoms with Crippen LogP contribution < -0.4 is 10.0 Å². The van der Waals surface area contributed by atoms with Crippen molar-refractivity contribution in [3.05, 3.63) is 28.3 Å². The molecule has 0 spiro atoms. The molecule has 0 amide bonds. The molecule has 1 aromatic carbocycles. The minimum absolute atomic E-state index is 0.0999. The van der Waals surface area contributed by atoms with Gasteiger partial charge in [-0.2, -0.15) is 0 Å². The largest absolute Gasteiger partial charge is 0.487 e. The summed E-state index contributed by atoms with van der Waals surface area (Å²) in [5.74, 6) is 0.803. The molecule has 1 saturated carbocycles. The van der Waals surface area contributed by atoms with Crippen molar-refractivity contribution in [3.8, 4) is 5.75 Å². The summed E-state index contributed by atoms with van der Waals surface area (Å²) in [5.41, 5.74) is -0.0999. The van der Waals surface area contributed by atoms with Crippen LogP contribution in [-0.4, -0.2) is 24.9 Å². The van der Waals surface area contributed by atoms with E-state index in [9.17, 15) is 14.7 Å². The SMILES string of the molecule is CP(C)(=O)c1ccc(OCC2CC2)c([N+](=O)[O-])c1. The van der Waals surface area contributed by atoms with Gasteiger partial charge in [-0.3, -0.25) is 10.1 Å². The van der Waals surface area contributed by atoms with Gasteiger partial charge in [0.1, 0.15) is 7.14 Å². The number of rotatable bonds is 5. The highest BCUT2D eigenvalue weighted by molar-refractivity contribution is 7.70. The monoisotopic (exact) mass is 269 g/mol. The van der Waals surface area contributed by atoms with Gasteiger partial charge in [0, 0.05) is 11.4 Å². The molecule has 1 aromatic rings. The van der Waals surface area contributed by atoms with E-state index in [1.165, 1.54) is 6.07 Å². The van der Waals surface area contributed by atoms with Crippen LogP contribution in [0, 0.1) is 16.0 Å². The fourth-order valence-electron chi connectivity index (χ4n) is 1.60. The molecule has 5 nitrogen and oxygen atoms in total. The molecule has 6 heteroatoms. The number of nitrogens with zero attached hydrogens (tertiary/aromatic N) is 1. The zero-order valence-corrected chi connectivity index (χ0v) is 11.4. The fourth-order valence-corrected chi connectivity index (χ4v) is 2.46. The van der Waals surface area contributed by atoms with Crippen LogP contribution in [0.1, 0.15) is 12.8 Å². The van der Waals surface area contributed by atoms with E-state index in [0.29, 0.717) is 17.8 Å². The van der Waals surface area contributed by atoms with Gasteiger partial charge in [-0.05, 0) is 44.2 Å². The van der Waals surface area contributed by atoms with Crippen molar-refractivity contribution in [3.63, 3.8) is 0 Å². The average Bonchev–Trinajstić information content (AvgIpc) is 3.08. The van der Waals surface area contributed by atoms with Crippen LogP contribution in [-0.2, 0) is 4.57 Å². The lowest BCUT2D eigenvalue weighted by molar-refractivity contribution is -0.385. The van der Waals surface area contributed by atoms with Crippen molar-refractivity contribution >= 4 is 18.1 Å². The van der Waals surface area contributed by atoms with E-state index in [0.717, 1.165) is 12.8 Å². The predicted octanol–water partition coefficient (Wildman–Crippen LogP) is 2.63. The Balaban J connectivity index is 2.28. The van der Waals surface area contributed by atoms with Crippen LogP contribution in [0.2, 0.25) is 0 Å². The van der Waals surface area contributed by atoms with Crippen LogP contribution in [0.25, 0.3) is 0 Å². The number of nitro benzene ring substituents is 1. The maximum absolute atomic E-state index is 11.9. The van der Waals surface area contributed by atoms with Crippen molar-refractivity contribution < 1.29 is 14.2 Å². The van der Waals surface area contributed by atoms with E-state index in [1.807, 2.05) is 0 Å². The Labute approximate surface area is 106 Å². The van der Waals surface area contributed by atoms with E-state index in [2.05, 4.69) is 0 Å². The first kappa shape index (κ1) is 13.1. The van der Waals surface area contributed by atoms with Crippen molar-refractivity contribution in [2.75, 3.05) is 19.9 Å². The van der Waals surface area contributed by atoms with Gasteiger partial charge in [-0.1, -0.05) is 0 Å². The third kappa shape index (κ3) is 3.10. The second kappa shape index (κ2) is 4.73. The molecule has 1 aliphatic rings. The van der Waals surface area contributed by atoms with E-state index in [-0.39, 0.29) is 11.4 Å². The lowest BCUT2D eigenvalue weighted by atomic mass is 10.3. The molecule has 0 aliphatic heterocycles. The molecule has 0 bridgehead atoms. The normalized spacial score (nSPS) is 15.4. The van der Waals surface area contributed by atoms with Gasteiger partial charge in [0.2, 0.25) is 0 Å². The molecule has 1 aliphatic carbocycles. The summed E-state index contributed by atoms with van der Waals surface area (Å²) in [7, 11) is -2.49. The maximum Gasteiger partial charge on any atom is 0.311 e. The first-order chi connectivity index (χ1) is 8.38. The Hall–Kier alpha value is -1.35. The Morgan fingerprint density at radius 2 is 2.11 bits per heavy atom. The van der Waals surface area contributed by atoms with Gasteiger partial charge in [0.05, 0.1) is 11.5 Å². The first-order valence-electron chi connectivity index (χ1n) is 5.84. The average molecular weight is 269 g/mol. The Kier molecular flexibility index (Phi) is 3.44. The summed E-state index contributed by atoms with van der Waals surface area (Å²) in [6.45, 7) is 3.71. The minimum atomic E-state index is -2.49. The highest BCUT2D eigenvalue weighted by Crippen LogP contribution is 2.38. The summed E-state index contributed by atoms with van der Waals surface area (Å²) < 4.78 is 17.4.